The number of fused-ring (bicyclic) bond motifs is 3. The van der Waals surface area contributed by atoms with E-state index in [2.05, 4.69) is 5.32 Å². The second-order valence-corrected chi connectivity index (χ2v) is 7.72. The van der Waals surface area contributed by atoms with E-state index in [0.717, 1.165) is 47.6 Å². The summed E-state index contributed by atoms with van der Waals surface area (Å²) in [4.78, 5) is 14.8. The van der Waals surface area contributed by atoms with Gasteiger partial charge in [0.05, 0.1) is 24.0 Å². The zero-order chi connectivity index (χ0) is 23.1. The highest BCUT2D eigenvalue weighted by Crippen LogP contribution is 2.37. The van der Waals surface area contributed by atoms with E-state index in [-0.39, 0.29) is 17.8 Å². The van der Waals surface area contributed by atoms with Crippen molar-refractivity contribution in [2.75, 3.05) is 5.32 Å². The average molecular weight is 451 g/mol. The van der Waals surface area contributed by atoms with Crippen LogP contribution in [0.3, 0.4) is 0 Å². The molecule has 4 nitrogen and oxygen atoms in total. The Kier molecular flexibility index (Phi) is 5.12. The van der Waals surface area contributed by atoms with E-state index in [1.807, 2.05) is 28.8 Å². The van der Waals surface area contributed by atoms with E-state index in [9.17, 15) is 22.4 Å². The molecule has 0 saturated heterocycles. The number of para-hydroxylation sites is 1. The Morgan fingerprint density at radius 1 is 0.848 bits per heavy atom. The highest BCUT2D eigenvalue weighted by atomic mass is 19.1. The van der Waals surface area contributed by atoms with Crippen molar-refractivity contribution in [2.45, 2.75) is 12.6 Å². The summed E-state index contributed by atoms with van der Waals surface area (Å²) >= 11 is 0. The first-order chi connectivity index (χ1) is 15.9. The predicted molar refractivity (Wildman–Crippen MR) is 115 cm³/mol. The van der Waals surface area contributed by atoms with Gasteiger partial charge in [-0.25, -0.2) is 22.4 Å². The number of urea groups is 1. The summed E-state index contributed by atoms with van der Waals surface area (Å²) in [6, 6.07) is 15.0. The fourth-order valence-electron chi connectivity index (χ4n) is 4.20. The first-order valence-corrected chi connectivity index (χ1v) is 10.1. The number of nitrogens with one attached hydrogen (secondary N) is 1. The molecule has 33 heavy (non-hydrogen) atoms. The maximum Gasteiger partial charge on any atom is 0.323 e. The van der Waals surface area contributed by atoms with E-state index in [0.29, 0.717) is 5.69 Å². The van der Waals surface area contributed by atoms with Gasteiger partial charge in [0, 0.05) is 24.0 Å². The summed E-state index contributed by atoms with van der Waals surface area (Å²) in [7, 11) is 0. The van der Waals surface area contributed by atoms with Crippen LogP contribution < -0.4 is 5.32 Å². The molecular formula is C25H17F4N3O. The number of aromatic nitrogens is 1. The Hall–Kier alpha value is -4.07. The van der Waals surface area contributed by atoms with Gasteiger partial charge in [-0.3, -0.25) is 0 Å². The van der Waals surface area contributed by atoms with Crippen molar-refractivity contribution in [1.29, 1.82) is 0 Å². The Bertz CT molecular complexity index is 1350. The molecule has 4 aromatic rings. The molecule has 2 amide bonds. The zero-order valence-electron chi connectivity index (χ0n) is 17.1. The number of carbonyl (C=O) groups is 1. The van der Waals surface area contributed by atoms with Gasteiger partial charge in [0.2, 0.25) is 0 Å². The van der Waals surface area contributed by atoms with Crippen molar-refractivity contribution < 1.29 is 22.4 Å². The minimum absolute atomic E-state index is 0.0589. The molecule has 0 radical (unpaired) electrons. The summed E-state index contributed by atoms with van der Waals surface area (Å²) in [5, 5.41) is 2.41. The second-order valence-electron chi connectivity index (χ2n) is 7.72. The summed E-state index contributed by atoms with van der Waals surface area (Å²) in [5.41, 5.74) is 2.02. The Labute approximate surface area is 186 Å². The second kappa shape index (κ2) is 8.12. The van der Waals surface area contributed by atoms with Gasteiger partial charge in [-0.15, -0.1) is 0 Å². The molecule has 8 heteroatoms. The molecule has 1 aliphatic heterocycles. The zero-order valence-corrected chi connectivity index (χ0v) is 17.1. The minimum atomic E-state index is -0.908. The Morgan fingerprint density at radius 2 is 1.61 bits per heavy atom. The van der Waals surface area contributed by atoms with Crippen molar-refractivity contribution >= 4 is 11.7 Å². The lowest BCUT2D eigenvalue weighted by molar-refractivity contribution is 0.194. The molecule has 1 aromatic heterocycles. The van der Waals surface area contributed by atoms with E-state index in [1.165, 1.54) is 4.90 Å². The van der Waals surface area contributed by atoms with Crippen LogP contribution in [0.25, 0.3) is 5.69 Å². The quantitative estimate of drug-likeness (QED) is 0.364. The summed E-state index contributed by atoms with van der Waals surface area (Å²) in [6.45, 7) is 0.0589. The van der Waals surface area contributed by atoms with Crippen LogP contribution in [-0.4, -0.2) is 15.5 Å². The van der Waals surface area contributed by atoms with Crippen molar-refractivity contribution in [3.63, 3.8) is 0 Å². The molecule has 0 spiro atoms. The standard InChI is InChI=1S/C25H17F4N3O/c26-17-7-8-20(29)21(13-17)30-25(33)32-14-15-4-1-2-5-22(15)31-9-3-6-23(31)24(32)16-10-18(27)12-19(28)11-16/h1-13,24H,14H2,(H,30,33)/t24-/m1/s1. The molecule has 0 fully saturated rings. The number of hydrogen-bond acceptors (Lipinski definition) is 1. The normalized spacial score (nSPS) is 14.9. The van der Waals surface area contributed by atoms with Gasteiger partial charge < -0.3 is 14.8 Å². The number of nitrogens with zero attached hydrogens (tertiary/aromatic N) is 2. The highest BCUT2D eigenvalue weighted by molar-refractivity contribution is 5.90. The third-order valence-corrected chi connectivity index (χ3v) is 5.60. The lowest BCUT2D eigenvalue weighted by Gasteiger charge is -2.31. The maximum atomic E-state index is 14.2. The van der Waals surface area contributed by atoms with Crippen LogP contribution in [0.1, 0.15) is 22.9 Å². The SMILES string of the molecule is O=C(Nc1cc(F)ccc1F)N1Cc2ccccc2-n2cccc2[C@H]1c1cc(F)cc(F)c1. The molecule has 1 aliphatic rings. The van der Waals surface area contributed by atoms with Crippen molar-refractivity contribution in [1.82, 2.24) is 9.47 Å². The van der Waals surface area contributed by atoms with Crippen LogP contribution in [0.5, 0.6) is 0 Å². The molecule has 1 atom stereocenters. The van der Waals surface area contributed by atoms with E-state index in [4.69, 9.17) is 0 Å². The van der Waals surface area contributed by atoms with Crippen LogP contribution in [0.2, 0.25) is 0 Å². The number of halogens is 4. The number of carbonyl (C=O) groups excluding carboxylic acids is 1. The molecule has 3 aromatic carbocycles. The van der Waals surface area contributed by atoms with Crippen molar-refractivity contribution in [2.24, 2.45) is 0 Å². The molecule has 0 aliphatic carbocycles. The monoisotopic (exact) mass is 451 g/mol. The number of amides is 2. The molecular weight excluding hydrogens is 434 g/mol. The van der Waals surface area contributed by atoms with Crippen molar-refractivity contribution in [3.05, 3.63) is 119 Å². The average Bonchev–Trinajstić information content (AvgIpc) is 3.19. The van der Waals surface area contributed by atoms with Gasteiger partial charge in [0.25, 0.3) is 0 Å². The molecule has 0 bridgehead atoms. The van der Waals surface area contributed by atoms with Gasteiger partial charge in [-0.1, -0.05) is 18.2 Å². The smallest absolute Gasteiger partial charge is 0.318 e. The number of rotatable bonds is 2. The van der Waals surface area contributed by atoms with Gasteiger partial charge in [0.15, 0.2) is 0 Å². The molecule has 0 unspecified atom stereocenters. The highest BCUT2D eigenvalue weighted by Gasteiger charge is 2.33. The largest absolute Gasteiger partial charge is 0.323 e. The van der Waals surface area contributed by atoms with E-state index in [1.54, 1.807) is 18.3 Å². The summed E-state index contributed by atoms with van der Waals surface area (Å²) in [5.74, 6) is -3.11. The molecule has 2 heterocycles. The maximum absolute atomic E-state index is 14.2. The lowest BCUT2D eigenvalue weighted by Crippen LogP contribution is -2.38. The van der Waals surface area contributed by atoms with Gasteiger partial charge in [0.1, 0.15) is 23.3 Å². The van der Waals surface area contributed by atoms with Crippen LogP contribution in [0.15, 0.2) is 79.0 Å². The summed E-state index contributed by atoms with van der Waals surface area (Å²) in [6.07, 6.45) is 1.80. The van der Waals surface area contributed by atoms with E-state index < -0.39 is 35.3 Å². The minimum Gasteiger partial charge on any atom is -0.318 e. The molecule has 5 rings (SSSR count). The Morgan fingerprint density at radius 3 is 2.39 bits per heavy atom. The van der Waals surface area contributed by atoms with Gasteiger partial charge in [-0.05, 0) is 53.6 Å². The third-order valence-electron chi connectivity index (χ3n) is 5.60. The fourth-order valence-corrected chi connectivity index (χ4v) is 4.20. The molecule has 166 valence electrons. The lowest BCUT2D eigenvalue weighted by atomic mass is 10.0. The molecule has 0 saturated carbocycles. The third kappa shape index (κ3) is 3.84. The molecule has 1 N–H and O–H groups in total. The van der Waals surface area contributed by atoms with Crippen molar-refractivity contribution in [3.8, 4) is 5.69 Å². The number of hydrogen-bond donors (Lipinski definition) is 1. The fraction of sp³-hybridized carbons (Fsp3) is 0.0800. The number of anilines is 1. The van der Waals surface area contributed by atoms with Crippen LogP contribution in [0.4, 0.5) is 28.0 Å². The first-order valence-electron chi connectivity index (χ1n) is 10.1. The Balaban J connectivity index is 1.66. The van der Waals surface area contributed by atoms with Gasteiger partial charge >= 0.3 is 6.03 Å². The van der Waals surface area contributed by atoms with E-state index >= 15 is 0 Å². The predicted octanol–water partition coefficient (Wildman–Crippen LogP) is 6.17. The van der Waals surface area contributed by atoms with Crippen LogP contribution >= 0.6 is 0 Å². The van der Waals surface area contributed by atoms with Crippen LogP contribution in [0, 0.1) is 23.3 Å². The van der Waals surface area contributed by atoms with Crippen LogP contribution in [-0.2, 0) is 6.54 Å². The number of benzene rings is 3. The topological polar surface area (TPSA) is 37.3 Å². The van der Waals surface area contributed by atoms with Gasteiger partial charge in [-0.2, -0.15) is 0 Å². The first kappa shape index (κ1) is 20.8. The summed E-state index contributed by atoms with van der Waals surface area (Å²) < 4.78 is 58.1.